The average molecular weight is 374 g/mol. The average Bonchev–Trinajstić information content (AvgIpc) is 3.03. The van der Waals surface area contributed by atoms with Crippen LogP contribution >= 0.6 is 11.6 Å². The molecule has 0 bridgehead atoms. The summed E-state index contributed by atoms with van der Waals surface area (Å²) in [7, 11) is 0. The van der Waals surface area contributed by atoms with Gasteiger partial charge in [-0.15, -0.1) is 0 Å². The van der Waals surface area contributed by atoms with Gasteiger partial charge in [-0.1, -0.05) is 17.7 Å². The number of carbonyl (C=O) groups is 1. The van der Waals surface area contributed by atoms with Crippen LogP contribution in [-0.2, 0) is 0 Å². The smallest absolute Gasteiger partial charge is 0.280 e. The van der Waals surface area contributed by atoms with Gasteiger partial charge in [-0.05, 0) is 55.8 Å². The fraction of sp³-hybridized carbons (Fsp3) is 0.158. The number of nitrogens with zero attached hydrogens (tertiary/aromatic N) is 2. The molecule has 0 aliphatic rings. The van der Waals surface area contributed by atoms with E-state index in [0.717, 1.165) is 5.56 Å². The van der Waals surface area contributed by atoms with E-state index in [1.54, 1.807) is 30.5 Å². The van der Waals surface area contributed by atoms with E-state index in [1.165, 1.54) is 16.8 Å². The van der Waals surface area contributed by atoms with Crippen LogP contribution in [0.2, 0.25) is 5.02 Å². The molecule has 3 rings (SSSR count). The summed E-state index contributed by atoms with van der Waals surface area (Å²) in [6, 6.07) is 11.0. The van der Waals surface area contributed by atoms with Gasteiger partial charge < -0.3 is 10.1 Å². The molecule has 0 spiro atoms. The molecule has 26 heavy (non-hydrogen) atoms. The number of nitrogens with one attached hydrogen (secondary N) is 1. The highest BCUT2D eigenvalue weighted by Gasteiger charge is 2.19. The summed E-state index contributed by atoms with van der Waals surface area (Å²) in [4.78, 5) is 12.6. The Bertz CT molecular complexity index is 938. The van der Waals surface area contributed by atoms with E-state index in [2.05, 4.69) is 10.4 Å². The van der Waals surface area contributed by atoms with Gasteiger partial charge in [0.25, 0.3) is 5.91 Å². The van der Waals surface area contributed by atoms with Crippen molar-refractivity contribution in [3.8, 4) is 11.4 Å². The van der Waals surface area contributed by atoms with Gasteiger partial charge >= 0.3 is 0 Å². The maximum atomic E-state index is 13.1. The normalized spacial score (nSPS) is 10.6. The van der Waals surface area contributed by atoms with E-state index in [0.29, 0.717) is 28.8 Å². The molecule has 0 fully saturated rings. The maximum absolute atomic E-state index is 13.1. The lowest BCUT2D eigenvalue weighted by atomic mass is 10.2. The second-order valence-electron chi connectivity index (χ2n) is 5.61. The minimum atomic E-state index is -0.422. The molecule has 2 aromatic carbocycles. The molecule has 0 atom stereocenters. The van der Waals surface area contributed by atoms with Crippen LogP contribution in [0.25, 0.3) is 5.69 Å². The summed E-state index contributed by atoms with van der Waals surface area (Å²) < 4.78 is 20.1. The number of aromatic nitrogens is 2. The molecule has 0 aliphatic heterocycles. The molecular weight excluding hydrogens is 357 g/mol. The molecule has 0 saturated carbocycles. The quantitative estimate of drug-likeness (QED) is 0.709. The molecule has 3 aromatic rings. The predicted molar refractivity (Wildman–Crippen MR) is 98.8 cm³/mol. The summed E-state index contributed by atoms with van der Waals surface area (Å²) in [5.41, 5.74) is 2.22. The number of halogens is 2. The number of benzene rings is 2. The standard InChI is InChI=1S/C19H17ClFN3O2/c1-3-26-17-11-24(15-8-5-13(21)6-9-15)23-18(17)19(25)22-14-7-4-12(2)16(20)10-14/h4-11H,3H2,1-2H3,(H,22,25). The number of amides is 1. The molecule has 134 valence electrons. The largest absolute Gasteiger partial charge is 0.490 e. The van der Waals surface area contributed by atoms with Crippen molar-refractivity contribution in [1.82, 2.24) is 9.78 Å². The molecule has 0 aliphatic carbocycles. The first-order valence-corrected chi connectivity index (χ1v) is 8.41. The van der Waals surface area contributed by atoms with Gasteiger partial charge in [0.05, 0.1) is 18.5 Å². The minimum absolute atomic E-state index is 0.132. The molecular formula is C19H17ClFN3O2. The van der Waals surface area contributed by atoms with E-state index in [4.69, 9.17) is 16.3 Å². The first-order valence-electron chi connectivity index (χ1n) is 8.04. The second-order valence-corrected chi connectivity index (χ2v) is 6.02. The number of hydrogen-bond donors (Lipinski definition) is 1. The fourth-order valence-corrected chi connectivity index (χ4v) is 2.54. The number of ether oxygens (including phenoxy) is 1. The minimum Gasteiger partial charge on any atom is -0.490 e. The molecule has 0 radical (unpaired) electrons. The summed E-state index contributed by atoms with van der Waals surface area (Å²) >= 11 is 6.09. The third-order valence-corrected chi connectivity index (χ3v) is 4.12. The lowest BCUT2D eigenvalue weighted by Gasteiger charge is -2.07. The molecule has 1 amide bonds. The number of carbonyl (C=O) groups excluding carboxylic acids is 1. The highest BCUT2D eigenvalue weighted by molar-refractivity contribution is 6.31. The Morgan fingerprint density at radius 1 is 1.27 bits per heavy atom. The molecule has 0 unspecified atom stereocenters. The van der Waals surface area contributed by atoms with Crippen LogP contribution in [0.15, 0.2) is 48.7 Å². The van der Waals surface area contributed by atoms with Crippen molar-refractivity contribution in [1.29, 1.82) is 0 Å². The van der Waals surface area contributed by atoms with Crippen LogP contribution in [0.3, 0.4) is 0 Å². The second kappa shape index (κ2) is 7.58. The van der Waals surface area contributed by atoms with Crippen molar-refractivity contribution >= 4 is 23.2 Å². The number of rotatable bonds is 5. The third kappa shape index (κ3) is 3.86. The van der Waals surface area contributed by atoms with Crippen LogP contribution in [-0.4, -0.2) is 22.3 Å². The SMILES string of the molecule is CCOc1cn(-c2ccc(F)cc2)nc1C(=O)Nc1ccc(C)c(Cl)c1. The van der Waals surface area contributed by atoms with Crippen LogP contribution in [0.5, 0.6) is 5.75 Å². The molecule has 1 heterocycles. The van der Waals surface area contributed by atoms with Crippen molar-refractivity contribution in [3.63, 3.8) is 0 Å². The number of anilines is 1. The highest BCUT2D eigenvalue weighted by Crippen LogP contribution is 2.24. The van der Waals surface area contributed by atoms with E-state index in [1.807, 2.05) is 19.9 Å². The first-order chi connectivity index (χ1) is 12.5. The van der Waals surface area contributed by atoms with E-state index >= 15 is 0 Å². The zero-order valence-electron chi connectivity index (χ0n) is 14.3. The Kier molecular flexibility index (Phi) is 5.23. The van der Waals surface area contributed by atoms with Gasteiger partial charge in [-0.3, -0.25) is 4.79 Å². The lowest BCUT2D eigenvalue weighted by Crippen LogP contribution is -2.14. The van der Waals surface area contributed by atoms with Gasteiger partial charge in [0.15, 0.2) is 11.4 Å². The topological polar surface area (TPSA) is 56.2 Å². The zero-order valence-corrected chi connectivity index (χ0v) is 15.0. The Balaban J connectivity index is 1.90. The molecule has 0 saturated heterocycles. The van der Waals surface area contributed by atoms with Gasteiger partial charge in [0.1, 0.15) is 5.82 Å². The Hall–Kier alpha value is -2.86. The zero-order chi connectivity index (χ0) is 18.7. The molecule has 1 aromatic heterocycles. The summed E-state index contributed by atoms with van der Waals surface area (Å²) in [5.74, 6) is -0.429. The third-order valence-electron chi connectivity index (χ3n) is 3.72. The predicted octanol–water partition coefficient (Wildman–Crippen LogP) is 4.62. The Morgan fingerprint density at radius 2 is 2.00 bits per heavy atom. The highest BCUT2D eigenvalue weighted by atomic mass is 35.5. The van der Waals surface area contributed by atoms with E-state index in [-0.39, 0.29) is 11.5 Å². The van der Waals surface area contributed by atoms with Gasteiger partial charge in [-0.25, -0.2) is 9.07 Å². The summed E-state index contributed by atoms with van der Waals surface area (Å²) in [6.45, 7) is 4.08. The van der Waals surface area contributed by atoms with Gasteiger partial charge in [0.2, 0.25) is 0 Å². The number of hydrogen-bond acceptors (Lipinski definition) is 3. The van der Waals surface area contributed by atoms with Gasteiger partial charge in [-0.2, -0.15) is 5.10 Å². The Morgan fingerprint density at radius 3 is 2.65 bits per heavy atom. The molecule has 5 nitrogen and oxygen atoms in total. The van der Waals surface area contributed by atoms with Crippen molar-refractivity contribution in [2.75, 3.05) is 11.9 Å². The van der Waals surface area contributed by atoms with Crippen LogP contribution in [0.4, 0.5) is 10.1 Å². The van der Waals surface area contributed by atoms with Crippen molar-refractivity contribution in [2.24, 2.45) is 0 Å². The molecule has 7 heteroatoms. The maximum Gasteiger partial charge on any atom is 0.280 e. The molecule has 1 N–H and O–H groups in total. The van der Waals surface area contributed by atoms with Crippen molar-refractivity contribution < 1.29 is 13.9 Å². The summed E-state index contributed by atoms with van der Waals surface area (Å²) in [6.07, 6.45) is 1.59. The van der Waals surface area contributed by atoms with Crippen LogP contribution < -0.4 is 10.1 Å². The van der Waals surface area contributed by atoms with Gasteiger partial charge in [0, 0.05) is 10.7 Å². The lowest BCUT2D eigenvalue weighted by molar-refractivity contribution is 0.101. The van der Waals surface area contributed by atoms with Crippen LogP contribution in [0.1, 0.15) is 23.0 Å². The monoisotopic (exact) mass is 373 g/mol. The summed E-state index contributed by atoms with van der Waals surface area (Å²) in [5, 5.41) is 7.61. The first kappa shape index (κ1) is 17.9. The van der Waals surface area contributed by atoms with E-state index < -0.39 is 5.91 Å². The van der Waals surface area contributed by atoms with Crippen molar-refractivity contribution in [2.45, 2.75) is 13.8 Å². The fourth-order valence-electron chi connectivity index (χ4n) is 2.36. The van der Waals surface area contributed by atoms with Crippen molar-refractivity contribution in [3.05, 3.63) is 70.8 Å². The Labute approximate surface area is 155 Å². The van der Waals surface area contributed by atoms with Crippen LogP contribution in [0, 0.1) is 12.7 Å². The number of aryl methyl sites for hydroxylation is 1. The van der Waals surface area contributed by atoms with E-state index in [9.17, 15) is 9.18 Å².